The van der Waals surface area contributed by atoms with Crippen LogP contribution in [0.25, 0.3) is 33.1 Å². The van der Waals surface area contributed by atoms with E-state index in [1.165, 1.54) is 0 Å². The summed E-state index contributed by atoms with van der Waals surface area (Å²) in [4.78, 5) is 4.81. The van der Waals surface area contributed by atoms with Gasteiger partial charge in [0.2, 0.25) is 0 Å². The van der Waals surface area contributed by atoms with Crippen LogP contribution in [0.2, 0.25) is 0 Å². The number of hydrogen-bond donors (Lipinski definition) is 2. The fourth-order valence-corrected chi connectivity index (χ4v) is 3.27. The summed E-state index contributed by atoms with van der Waals surface area (Å²) < 4.78 is 6.23. The molecule has 0 aliphatic carbocycles. The largest absolute Gasteiger partial charge is 0.457 e. The quantitative estimate of drug-likeness (QED) is 0.490. The molecule has 5 aromatic rings. The molecular weight excluding hydrogens is 352 g/mol. The summed E-state index contributed by atoms with van der Waals surface area (Å²) in [5.41, 5.74) is 4.91. The number of nitrogens with zero attached hydrogens (tertiary/aromatic N) is 4. The Kier molecular flexibility index (Phi) is 3.56. The molecule has 0 aliphatic rings. The summed E-state index contributed by atoms with van der Waals surface area (Å²) in [5, 5.41) is 25.0. The van der Waals surface area contributed by atoms with Gasteiger partial charge >= 0.3 is 0 Å². The van der Waals surface area contributed by atoms with E-state index in [4.69, 9.17) is 15.0 Å². The predicted octanol–water partition coefficient (Wildman–Crippen LogP) is 4.47. The molecule has 0 bridgehead atoms. The molecule has 0 spiro atoms. The van der Waals surface area contributed by atoms with Gasteiger partial charge in [0.1, 0.15) is 11.5 Å². The zero-order chi connectivity index (χ0) is 19.1. The second kappa shape index (κ2) is 6.21. The first kappa shape index (κ1) is 16.0. The molecule has 3 heterocycles. The number of nitrogens with one attached hydrogen (secondary N) is 2. The number of H-pyrrole nitrogens is 2. The molecule has 2 N–H and O–H groups in total. The Labute approximate surface area is 159 Å². The first-order valence-corrected chi connectivity index (χ1v) is 8.68. The number of aromatic nitrogens is 5. The van der Waals surface area contributed by atoms with Crippen molar-refractivity contribution in [1.29, 1.82) is 5.26 Å². The van der Waals surface area contributed by atoms with E-state index in [2.05, 4.69) is 26.5 Å². The van der Waals surface area contributed by atoms with Gasteiger partial charge in [-0.3, -0.25) is 10.2 Å². The average Bonchev–Trinajstić information content (AvgIpc) is 3.37. The first-order chi connectivity index (χ1) is 13.7. The summed E-state index contributed by atoms with van der Waals surface area (Å²) in [6, 6.07) is 14.9. The van der Waals surface area contributed by atoms with Crippen molar-refractivity contribution in [2.24, 2.45) is 0 Å². The number of fused-ring (bicyclic) bond motifs is 3. The molecule has 3 aromatic heterocycles. The lowest BCUT2D eigenvalue weighted by molar-refractivity contribution is 0.488. The van der Waals surface area contributed by atoms with E-state index in [9.17, 15) is 0 Å². The lowest BCUT2D eigenvalue weighted by Crippen LogP contribution is -1.92. The molecule has 0 saturated carbocycles. The fourth-order valence-electron chi connectivity index (χ4n) is 3.27. The van der Waals surface area contributed by atoms with Crippen LogP contribution in [0, 0.1) is 18.3 Å². The third kappa shape index (κ3) is 2.56. The van der Waals surface area contributed by atoms with E-state index in [-0.39, 0.29) is 0 Å². The topological polar surface area (TPSA) is 103 Å². The third-order valence-electron chi connectivity index (χ3n) is 4.67. The van der Waals surface area contributed by atoms with Crippen LogP contribution < -0.4 is 4.74 Å². The minimum absolute atomic E-state index is 0.582. The second-order valence-corrected chi connectivity index (χ2v) is 6.44. The Hall–Kier alpha value is -4.18. The van der Waals surface area contributed by atoms with Gasteiger partial charge in [-0.1, -0.05) is 0 Å². The van der Waals surface area contributed by atoms with Gasteiger partial charge in [0.25, 0.3) is 0 Å². The lowest BCUT2D eigenvalue weighted by atomic mass is 10.1. The van der Waals surface area contributed by atoms with Crippen molar-refractivity contribution >= 4 is 21.8 Å². The average molecular weight is 366 g/mol. The highest BCUT2D eigenvalue weighted by Crippen LogP contribution is 2.37. The molecule has 0 saturated heterocycles. The van der Waals surface area contributed by atoms with Crippen LogP contribution in [0.5, 0.6) is 11.5 Å². The number of rotatable bonds is 3. The summed E-state index contributed by atoms with van der Waals surface area (Å²) in [7, 11) is 0. The van der Waals surface area contributed by atoms with Crippen molar-refractivity contribution in [2.75, 3.05) is 0 Å². The predicted molar refractivity (Wildman–Crippen MR) is 105 cm³/mol. The van der Waals surface area contributed by atoms with Gasteiger partial charge in [-0.15, -0.1) is 0 Å². The molecule has 0 amide bonds. The van der Waals surface area contributed by atoms with Crippen LogP contribution >= 0.6 is 0 Å². The fraction of sp³-hybridized carbons (Fsp3) is 0.0476. The Morgan fingerprint density at radius 3 is 2.57 bits per heavy atom. The van der Waals surface area contributed by atoms with Gasteiger partial charge in [-0.05, 0) is 43.3 Å². The van der Waals surface area contributed by atoms with Gasteiger partial charge in [0.05, 0.1) is 46.1 Å². The zero-order valence-corrected chi connectivity index (χ0v) is 14.9. The highest BCUT2D eigenvalue weighted by molar-refractivity contribution is 6.08. The Balaban J connectivity index is 1.74. The molecule has 28 heavy (non-hydrogen) atoms. The number of pyridine rings is 1. The van der Waals surface area contributed by atoms with Crippen molar-refractivity contribution in [2.45, 2.75) is 6.92 Å². The van der Waals surface area contributed by atoms with Crippen LogP contribution in [0.1, 0.15) is 11.3 Å². The number of nitriles is 1. The second-order valence-electron chi connectivity index (χ2n) is 6.44. The van der Waals surface area contributed by atoms with Crippen molar-refractivity contribution in [3.63, 3.8) is 0 Å². The number of ether oxygens (including phenoxy) is 1. The summed E-state index contributed by atoms with van der Waals surface area (Å²) in [5.74, 6) is 1.30. The van der Waals surface area contributed by atoms with Crippen molar-refractivity contribution < 1.29 is 4.74 Å². The molecule has 0 aliphatic heterocycles. The summed E-state index contributed by atoms with van der Waals surface area (Å²) >= 11 is 0. The van der Waals surface area contributed by atoms with Crippen LogP contribution in [-0.4, -0.2) is 25.4 Å². The van der Waals surface area contributed by atoms with Crippen molar-refractivity contribution in [3.05, 3.63) is 66.1 Å². The molecule has 134 valence electrons. The van der Waals surface area contributed by atoms with E-state index in [1.807, 2.05) is 25.1 Å². The van der Waals surface area contributed by atoms with Gasteiger partial charge < -0.3 is 4.74 Å². The first-order valence-electron chi connectivity index (χ1n) is 8.68. The molecule has 0 unspecified atom stereocenters. The Morgan fingerprint density at radius 2 is 1.82 bits per heavy atom. The van der Waals surface area contributed by atoms with E-state index < -0.39 is 0 Å². The maximum atomic E-state index is 9.00. The van der Waals surface area contributed by atoms with Gasteiger partial charge in [-0.2, -0.15) is 15.5 Å². The number of benzene rings is 2. The maximum Gasteiger partial charge on any atom is 0.139 e. The normalized spacial score (nSPS) is 11.0. The maximum absolute atomic E-state index is 9.00. The SMILES string of the molecule is Cc1[nH]ncc1-c1cc(Oc2ccc(C#N)cc2)c2c(ccc3[nH]ncc32)n1. The Bertz CT molecular complexity index is 1360. The summed E-state index contributed by atoms with van der Waals surface area (Å²) in [6.45, 7) is 1.95. The smallest absolute Gasteiger partial charge is 0.139 e. The minimum Gasteiger partial charge on any atom is -0.457 e. The van der Waals surface area contributed by atoms with Crippen LogP contribution in [-0.2, 0) is 0 Å². The highest BCUT2D eigenvalue weighted by atomic mass is 16.5. The summed E-state index contributed by atoms with van der Waals surface area (Å²) in [6.07, 6.45) is 3.53. The number of aryl methyl sites for hydroxylation is 1. The lowest BCUT2D eigenvalue weighted by Gasteiger charge is -2.12. The molecule has 2 aromatic carbocycles. The van der Waals surface area contributed by atoms with E-state index in [1.54, 1.807) is 36.7 Å². The molecule has 0 atom stereocenters. The zero-order valence-electron chi connectivity index (χ0n) is 14.9. The molecule has 0 radical (unpaired) electrons. The molecule has 7 heteroatoms. The van der Waals surface area contributed by atoms with Gasteiger partial charge in [0, 0.05) is 22.7 Å². The minimum atomic E-state index is 0.582. The third-order valence-corrected chi connectivity index (χ3v) is 4.67. The van der Waals surface area contributed by atoms with Crippen LogP contribution in [0.15, 0.2) is 54.9 Å². The highest BCUT2D eigenvalue weighted by Gasteiger charge is 2.15. The van der Waals surface area contributed by atoms with Crippen LogP contribution in [0.3, 0.4) is 0 Å². The number of aromatic amines is 2. The monoisotopic (exact) mass is 366 g/mol. The molecule has 0 fully saturated rings. The van der Waals surface area contributed by atoms with E-state index in [0.29, 0.717) is 17.1 Å². The molecular formula is C21H14N6O. The molecule has 5 rings (SSSR count). The van der Waals surface area contributed by atoms with Gasteiger partial charge in [0.15, 0.2) is 0 Å². The standard InChI is InChI=1S/C21H14N6O/c1-12-15(10-23-26-12)19-8-20(28-14-4-2-13(9-22)3-5-14)21-16-11-24-27-17(16)6-7-18(21)25-19/h2-8,10-11H,1H3,(H,23,26)(H,24,27). The number of hydrogen-bond acceptors (Lipinski definition) is 5. The Morgan fingerprint density at radius 1 is 1.00 bits per heavy atom. The van der Waals surface area contributed by atoms with Gasteiger partial charge in [-0.25, -0.2) is 4.98 Å². The van der Waals surface area contributed by atoms with E-state index in [0.717, 1.165) is 38.8 Å². The van der Waals surface area contributed by atoms with E-state index >= 15 is 0 Å². The van der Waals surface area contributed by atoms with Crippen molar-refractivity contribution in [1.82, 2.24) is 25.4 Å². The van der Waals surface area contributed by atoms with Crippen LogP contribution in [0.4, 0.5) is 0 Å². The molecule has 7 nitrogen and oxygen atoms in total. The van der Waals surface area contributed by atoms with Crippen molar-refractivity contribution in [3.8, 4) is 28.8 Å².